The summed E-state index contributed by atoms with van der Waals surface area (Å²) in [4.78, 5) is 12.2. The Bertz CT molecular complexity index is 605. The fourth-order valence-electron chi connectivity index (χ4n) is 2.75. The number of hydrogen-bond donors (Lipinski definition) is 1. The molecular formula is C16H17ClFNO3. The highest BCUT2D eigenvalue weighted by Gasteiger charge is 2.32. The molecule has 2 aliphatic rings. The highest BCUT2D eigenvalue weighted by atomic mass is 35.5. The highest BCUT2D eigenvalue weighted by molar-refractivity contribution is 6.30. The summed E-state index contributed by atoms with van der Waals surface area (Å²) in [6.45, 7) is 1.17. The quantitative estimate of drug-likeness (QED) is 0.929. The monoisotopic (exact) mass is 325 g/mol. The Balaban J connectivity index is 1.71. The fourth-order valence-corrected chi connectivity index (χ4v) is 2.87. The van der Waals surface area contributed by atoms with E-state index in [-0.39, 0.29) is 23.1 Å². The zero-order chi connectivity index (χ0) is 15.5. The number of amides is 1. The third kappa shape index (κ3) is 3.25. The molecular weight excluding hydrogens is 309 g/mol. The summed E-state index contributed by atoms with van der Waals surface area (Å²) in [6.07, 6.45) is 3.40. The van der Waals surface area contributed by atoms with Crippen LogP contribution in [0.4, 0.5) is 4.39 Å². The van der Waals surface area contributed by atoms with Crippen molar-refractivity contribution in [2.75, 3.05) is 13.2 Å². The van der Waals surface area contributed by atoms with E-state index in [0.717, 1.165) is 6.42 Å². The molecule has 1 aromatic carbocycles. The molecule has 2 aliphatic heterocycles. The Morgan fingerprint density at radius 3 is 2.95 bits per heavy atom. The average Bonchev–Trinajstić information content (AvgIpc) is 2.99. The zero-order valence-corrected chi connectivity index (χ0v) is 12.7. The smallest absolute Gasteiger partial charge is 0.250 e. The van der Waals surface area contributed by atoms with Crippen molar-refractivity contribution in [3.8, 4) is 0 Å². The van der Waals surface area contributed by atoms with Crippen LogP contribution in [0, 0.1) is 5.82 Å². The van der Waals surface area contributed by atoms with Crippen molar-refractivity contribution < 1.29 is 18.7 Å². The highest BCUT2D eigenvalue weighted by Crippen LogP contribution is 2.31. The zero-order valence-electron chi connectivity index (χ0n) is 12.0. The van der Waals surface area contributed by atoms with Crippen molar-refractivity contribution in [3.63, 3.8) is 0 Å². The van der Waals surface area contributed by atoms with Crippen molar-refractivity contribution in [2.45, 2.75) is 31.4 Å². The molecule has 0 aliphatic carbocycles. The van der Waals surface area contributed by atoms with Crippen molar-refractivity contribution in [1.82, 2.24) is 5.32 Å². The second kappa shape index (κ2) is 6.67. The van der Waals surface area contributed by atoms with Gasteiger partial charge in [0.25, 0.3) is 5.91 Å². The van der Waals surface area contributed by atoms with Crippen molar-refractivity contribution in [2.24, 2.45) is 0 Å². The van der Waals surface area contributed by atoms with Crippen LogP contribution in [-0.2, 0) is 14.3 Å². The van der Waals surface area contributed by atoms with Gasteiger partial charge in [-0.2, -0.15) is 0 Å². The SMILES string of the molecule is O=C(N[C@H]1CCO[C@@H]1c1ccc(Cl)c(F)c1)C1=COCCC1. The summed E-state index contributed by atoms with van der Waals surface area (Å²) in [7, 11) is 0. The molecule has 0 spiro atoms. The first-order valence-electron chi connectivity index (χ1n) is 7.33. The largest absolute Gasteiger partial charge is 0.501 e. The van der Waals surface area contributed by atoms with E-state index in [0.29, 0.717) is 37.2 Å². The summed E-state index contributed by atoms with van der Waals surface area (Å²) in [6, 6.07) is 4.41. The van der Waals surface area contributed by atoms with Crippen LogP contribution >= 0.6 is 11.6 Å². The third-order valence-electron chi connectivity index (χ3n) is 3.91. The number of hydrogen-bond acceptors (Lipinski definition) is 3. The van der Waals surface area contributed by atoms with Gasteiger partial charge >= 0.3 is 0 Å². The summed E-state index contributed by atoms with van der Waals surface area (Å²) >= 11 is 5.70. The van der Waals surface area contributed by atoms with Gasteiger partial charge < -0.3 is 14.8 Å². The number of rotatable bonds is 3. The van der Waals surface area contributed by atoms with E-state index in [2.05, 4.69) is 5.32 Å². The lowest BCUT2D eigenvalue weighted by atomic mass is 10.0. The van der Waals surface area contributed by atoms with Gasteiger partial charge in [0.05, 0.1) is 29.5 Å². The van der Waals surface area contributed by atoms with Crippen LogP contribution in [0.15, 0.2) is 30.0 Å². The molecule has 2 atom stereocenters. The second-order valence-corrected chi connectivity index (χ2v) is 5.86. The van der Waals surface area contributed by atoms with Crippen LogP contribution in [0.25, 0.3) is 0 Å². The van der Waals surface area contributed by atoms with Gasteiger partial charge in [-0.05, 0) is 37.0 Å². The number of ether oxygens (including phenoxy) is 2. The molecule has 0 bridgehead atoms. The van der Waals surface area contributed by atoms with Crippen molar-refractivity contribution >= 4 is 17.5 Å². The van der Waals surface area contributed by atoms with Crippen LogP contribution in [0.2, 0.25) is 5.02 Å². The third-order valence-corrected chi connectivity index (χ3v) is 4.21. The maximum Gasteiger partial charge on any atom is 0.250 e. The summed E-state index contributed by atoms with van der Waals surface area (Å²) in [5.41, 5.74) is 1.32. The van der Waals surface area contributed by atoms with E-state index in [1.54, 1.807) is 6.07 Å². The molecule has 1 N–H and O–H groups in total. The van der Waals surface area contributed by atoms with Gasteiger partial charge in [-0.25, -0.2) is 4.39 Å². The predicted molar refractivity (Wildman–Crippen MR) is 79.9 cm³/mol. The molecule has 0 aromatic heterocycles. The molecule has 22 heavy (non-hydrogen) atoms. The van der Waals surface area contributed by atoms with Gasteiger partial charge in [0.15, 0.2) is 0 Å². The Hall–Kier alpha value is -1.59. The molecule has 0 saturated carbocycles. The van der Waals surface area contributed by atoms with E-state index >= 15 is 0 Å². The Morgan fingerprint density at radius 2 is 2.23 bits per heavy atom. The molecule has 1 saturated heterocycles. The van der Waals surface area contributed by atoms with Gasteiger partial charge in [0, 0.05) is 6.61 Å². The normalized spacial score (nSPS) is 24.5. The summed E-state index contributed by atoms with van der Waals surface area (Å²) in [5, 5.41) is 3.04. The molecule has 2 heterocycles. The Kier molecular flexibility index (Phi) is 4.64. The Morgan fingerprint density at radius 1 is 1.36 bits per heavy atom. The van der Waals surface area contributed by atoms with E-state index in [9.17, 15) is 9.18 Å². The van der Waals surface area contributed by atoms with Crippen LogP contribution < -0.4 is 5.32 Å². The van der Waals surface area contributed by atoms with Crippen LogP contribution in [0.3, 0.4) is 0 Å². The fraction of sp³-hybridized carbons (Fsp3) is 0.438. The predicted octanol–water partition coefficient (Wildman–Crippen LogP) is 3.12. The van der Waals surface area contributed by atoms with Crippen molar-refractivity contribution in [3.05, 3.63) is 46.4 Å². The molecule has 1 aromatic rings. The first-order valence-corrected chi connectivity index (χ1v) is 7.71. The molecule has 0 unspecified atom stereocenters. The number of nitrogens with one attached hydrogen (secondary N) is 1. The second-order valence-electron chi connectivity index (χ2n) is 5.45. The van der Waals surface area contributed by atoms with Crippen LogP contribution in [0.1, 0.15) is 30.9 Å². The molecule has 6 heteroatoms. The number of carbonyl (C=O) groups excluding carboxylic acids is 1. The summed E-state index contributed by atoms with van der Waals surface area (Å²) < 4.78 is 24.5. The number of benzene rings is 1. The summed E-state index contributed by atoms with van der Waals surface area (Å²) in [5.74, 6) is -0.627. The number of halogens is 2. The lowest BCUT2D eigenvalue weighted by Crippen LogP contribution is -2.38. The standard InChI is InChI=1S/C16H17ClFNO3/c17-12-4-3-10(8-13(12)18)15-14(5-7-22-15)19-16(20)11-2-1-6-21-9-11/h3-4,8-9,14-15H,1-2,5-7H2,(H,19,20)/t14-,15+/m0/s1. The van der Waals surface area contributed by atoms with Gasteiger partial charge in [-0.1, -0.05) is 17.7 Å². The molecule has 4 nitrogen and oxygen atoms in total. The van der Waals surface area contributed by atoms with Crippen molar-refractivity contribution in [1.29, 1.82) is 0 Å². The lowest BCUT2D eigenvalue weighted by Gasteiger charge is -2.22. The Labute approximate surface area is 133 Å². The van der Waals surface area contributed by atoms with E-state index in [4.69, 9.17) is 21.1 Å². The number of carbonyl (C=O) groups is 1. The van der Waals surface area contributed by atoms with E-state index in [1.165, 1.54) is 18.4 Å². The minimum atomic E-state index is -0.483. The van der Waals surface area contributed by atoms with Gasteiger partial charge in [0.1, 0.15) is 11.9 Å². The van der Waals surface area contributed by atoms with E-state index < -0.39 is 5.82 Å². The first-order chi connectivity index (χ1) is 10.6. The molecule has 118 valence electrons. The van der Waals surface area contributed by atoms with E-state index in [1.807, 2.05) is 0 Å². The minimum Gasteiger partial charge on any atom is -0.501 e. The molecule has 3 rings (SSSR count). The molecule has 1 fully saturated rings. The van der Waals surface area contributed by atoms with Gasteiger partial charge in [0.2, 0.25) is 0 Å². The lowest BCUT2D eigenvalue weighted by molar-refractivity contribution is -0.119. The van der Waals surface area contributed by atoms with Crippen LogP contribution in [0.5, 0.6) is 0 Å². The first kappa shape index (κ1) is 15.3. The minimum absolute atomic E-state index is 0.0758. The molecule has 0 radical (unpaired) electrons. The average molecular weight is 326 g/mol. The topological polar surface area (TPSA) is 47.6 Å². The van der Waals surface area contributed by atoms with Crippen LogP contribution in [-0.4, -0.2) is 25.2 Å². The van der Waals surface area contributed by atoms with Gasteiger partial charge in [-0.15, -0.1) is 0 Å². The maximum absolute atomic E-state index is 13.6. The maximum atomic E-state index is 13.6. The molecule has 1 amide bonds. The van der Waals surface area contributed by atoms with Gasteiger partial charge in [-0.3, -0.25) is 4.79 Å².